The summed E-state index contributed by atoms with van der Waals surface area (Å²) in [6.07, 6.45) is 0.128. The van der Waals surface area contributed by atoms with Gasteiger partial charge in [-0.15, -0.1) is 0 Å². The molecule has 2 N–H and O–H groups in total. The highest BCUT2D eigenvalue weighted by molar-refractivity contribution is 5.96. The Morgan fingerprint density at radius 1 is 1.04 bits per heavy atom. The molecule has 2 aromatic rings. The molecule has 0 radical (unpaired) electrons. The summed E-state index contributed by atoms with van der Waals surface area (Å²) < 4.78 is 31.9. The first kappa shape index (κ1) is 20.5. The van der Waals surface area contributed by atoms with Crippen molar-refractivity contribution in [2.45, 2.75) is 33.1 Å². The lowest BCUT2D eigenvalue weighted by atomic mass is 10.1. The second-order valence-electron chi connectivity index (χ2n) is 6.26. The van der Waals surface area contributed by atoms with Crippen molar-refractivity contribution in [2.24, 2.45) is 0 Å². The number of nitrogens with one attached hydrogen (secondary N) is 2. The fourth-order valence-electron chi connectivity index (χ4n) is 2.28. The van der Waals surface area contributed by atoms with Crippen molar-refractivity contribution in [3.05, 3.63) is 70.8 Å². The van der Waals surface area contributed by atoms with E-state index < -0.39 is 23.4 Å². The Bertz CT molecular complexity index is 810. The Kier molecular flexibility index (Phi) is 7.43. The molecule has 7 heteroatoms. The summed E-state index contributed by atoms with van der Waals surface area (Å²) in [7, 11) is 0. The zero-order chi connectivity index (χ0) is 19.8. The molecule has 2 rings (SSSR count). The molecule has 27 heavy (non-hydrogen) atoms. The first-order chi connectivity index (χ1) is 12.8. The average molecular weight is 376 g/mol. The number of amides is 2. The summed E-state index contributed by atoms with van der Waals surface area (Å²) in [6.45, 7) is 4.37. The highest BCUT2D eigenvalue weighted by Crippen LogP contribution is 2.09. The van der Waals surface area contributed by atoms with E-state index in [1.807, 2.05) is 38.1 Å². The molecule has 0 aliphatic carbocycles. The molecule has 0 unspecified atom stereocenters. The quantitative estimate of drug-likeness (QED) is 0.744. The van der Waals surface area contributed by atoms with Crippen molar-refractivity contribution in [3.63, 3.8) is 0 Å². The fraction of sp³-hybridized carbons (Fsp3) is 0.300. The van der Waals surface area contributed by atoms with Crippen LogP contribution in [0.2, 0.25) is 0 Å². The molecule has 5 nitrogen and oxygen atoms in total. The lowest BCUT2D eigenvalue weighted by Crippen LogP contribution is -2.36. The number of rotatable bonds is 8. The molecule has 0 aliphatic rings. The van der Waals surface area contributed by atoms with E-state index in [1.54, 1.807) is 0 Å². The van der Waals surface area contributed by atoms with Gasteiger partial charge in [-0.3, -0.25) is 9.59 Å². The Morgan fingerprint density at radius 2 is 1.78 bits per heavy atom. The highest BCUT2D eigenvalue weighted by atomic mass is 19.1. The first-order valence-corrected chi connectivity index (χ1v) is 8.54. The maximum Gasteiger partial charge on any atom is 0.254 e. The Balaban J connectivity index is 1.80. The minimum absolute atomic E-state index is 0.128. The number of carbonyl (C=O) groups excluding carboxylic acids is 2. The van der Waals surface area contributed by atoms with Crippen molar-refractivity contribution >= 4 is 11.8 Å². The molecule has 0 saturated carbocycles. The third-order valence-electron chi connectivity index (χ3n) is 3.65. The minimum atomic E-state index is -0.978. The normalized spacial score (nSPS) is 10.7. The van der Waals surface area contributed by atoms with Crippen molar-refractivity contribution in [2.75, 3.05) is 6.54 Å². The van der Waals surface area contributed by atoms with E-state index in [2.05, 4.69) is 10.6 Å². The van der Waals surface area contributed by atoms with Gasteiger partial charge in [-0.25, -0.2) is 8.78 Å². The van der Waals surface area contributed by atoms with Gasteiger partial charge in [0.15, 0.2) is 0 Å². The Labute approximate surface area is 156 Å². The molecule has 0 spiro atoms. The standard InChI is InChI=1S/C20H22F2N2O3/c1-13(2)27-12-15-5-3-4-14(8-15)10-23-19(25)11-24-20(26)17-7-6-16(21)9-18(17)22/h3-9,13H,10-12H2,1-2H3,(H,23,25)(H,24,26). The van der Waals surface area contributed by atoms with E-state index in [9.17, 15) is 18.4 Å². The molecule has 0 fully saturated rings. The van der Waals surface area contributed by atoms with Gasteiger partial charge >= 0.3 is 0 Å². The van der Waals surface area contributed by atoms with Gasteiger partial charge in [0.25, 0.3) is 5.91 Å². The van der Waals surface area contributed by atoms with Gasteiger partial charge in [0.1, 0.15) is 11.6 Å². The van der Waals surface area contributed by atoms with Gasteiger partial charge in [-0.05, 0) is 37.1 Å². The molecule has 144 valence electrons. The largest absolute Gasteiger partial charge is 0.374 e. The van der Waals surface area contributed by atoms with Gasteiger partial charge in [0, 0.05) is 12.6 Å². The molecule has 2 amide bonds. The summed E-state index contributed by atoms with van der Waals surface area (Å²) in [5.74, 6) is -2.96. The summed E-state index contributed by atoms with van der Waals surface area (Å²) in [4.78, 5) is 23.7. The predicted octanol–water partition coefficient (Wildman–Crippen LogP) is 2.94. The van der Waals surface area contributed by atoms with Crippen LogP contribution >= 0.6 is 0 Å². The van der Waals surface area contributed by atoms with E-state index in [0.29, 0.717) is 12.7 Å². The summed E-state index contributed by atoms with van der Waals surface area (Å²) >= 11 is 0. The number of hydrogen-bond acceptors (Lipinski definition) is 3. The van der Waals surface area contributed by atoms with Crippen LogP contribution in [0.5, 0.6) is 0 Å². The van der Waals surface area contributed by atoms with Crippen LogP contribution in [0, 0.1) is 11.6 Å². The topological polar surface area (TPSA) is 67.4 Å². The molecule has 2 aromatic carbocycles. The molecule has 0 saturated heterocycles. The molecule has 0 atom stereocenters. The molecule has 0 aliphatic heterocycles. The van der Waals surface area contributed by atoms with Crippen LogP contribution in [-0.4, -0.2) is 24.5 Å². The van der Waals surface area contributed by atoms with Crippen molar-refractivity contribution in [1.29, 1.82) is 0 Å². The second kappa shape index (κ2) is 9.78. The van der Waals surface area contributed by atoms with E-state index in [0.717, 1.165) is 23.3 Å². The summed E-state index contributed by atoms with van der Waals surface area (Å²) in [5, 5.41) is 4.98. The van der Waals surface area contributed by atoms with Crippen LogP contribution in [0.3, 0.4) is 0 Å². The molecule has 0 bridgehead atoms. The van der Waals surface area contributed by atoms with Crippen LogP contribution in [0.25, 0.3) is 0 Å². The zero-order valence-electron chi connectivity index (χ0n) is 15.2. The zero-order valence-corrected chi connectivity index (χ0v) is 15.2. The number of ether oxygens (including phenoxy) is 1. The molecule has 0 heterocycles. The van der Waals surface area contributed by atoms with Gasteiger partial charge in [-0.1, -0.05) is 24.3 Å². The number of hydrogen-bond donors (Lipinski definition) is 2. The maximum absolute atomic E-state index is 13.5. The number of carbonyl (C=O) groups is 2. The van der Waals surface area contributed by atoms with Crippen molar-refractivity contribution in [3.8, 4) is 0 Å². The van der Waals surface area contributed by atoms with Gasteiger partial charge in [0.05, 0.1) is 24.8 Å². The van der Waals surface area contributed by atoms with Crippen LogP contribution in [0.4, 0.5) is 8.78 Å². The Hall–Kier alpha value is -2.80. The predicted molar refractivity (Wildman–Crippen MR) is 96.9 cm³/mol. The van der Waals surface area contributed by atoms with Crippen LogP contribution in [-0.2, 0) is 22.7 Å². The van der Waals surface area contributed by atoms with Crippen molar-refractivity contribution in [1.82, 2.24) is 10.6 Å². The number of benzene rings is 2. The van der Waals surface area contributed by atoms with Crippen LogP contribution in [0.1, 0.15) is 35.3 Å². The van der Waals surface area contributed by atoms with E-state index in [1.165, 1.54) is 0 Å². The summed E-state index contributed by atoms with van der Waals surface area (Å²) in [6, 6.07) is 10.2. The fourth-order valence-corrected chi connectivity index (χ4v) is 2.28. The SMILES string of the molecule is CC(C)OCc1cccc(CNC(=O)CNC(=O)c2ccc(F)cc2F)c1. The smallest absolute Gasteiger partial charge is 0.254 e. The van der Waals surface area contributed by atoms with Crippen LogP contribution < -0.4 is 10.6 Å². The second-order valence-corrected chi connectivity index (χ2v) is 6.26. The van der Waals surface area contributed by atoms with E-state index >= 15 is 0 Å². The first-order valence-electron chi connectivity index (χ1n) is 8.54. The minimum Gasteiger partial charge on any atom is -0.374 e. The average Bonchev–Trinajstić information content (AvgIpc) is 2.63. The molecule has 0 aromatic heterocycles. The monoisotopic (exact) mass is 376 g/mol. The summed E-state index contributed by atoms with van der Waals surface area (Å²) in [5.41, 5.74) is 1.57. The third-order valence-corrected chi connectivity index (χ3v) is 3.65. The van der Waals surface area contributed by atoms with Gasteiger partial charge in [0.2, 0.25) is 5.91 Å². The highest BCUT2D eigenvalue weighted by Gasteiger charge is 2.13. The van der Waals surface area contributed by atoms with Crippen molar-refractivity contribution < 1.29 is 23.1 Å². The molecular formula is C20H22F2N2O3. The molecular weight excluding hydrogens is 354 g/mol. The van der Waals surface area contributed by atoms with E-state index in [-0.39, 0.29) is 24.8 Å². The van der Waals surface area contributed by atoms with Crippen LogP contribution in [0.15, 0.2) is 42.5 Å². The lowest BCUT2D eigenvalue weighted by molar-refractivity contribution is -0.120. The maximum atomic E-state index is 13.5. The van der Waals surface area contributed by atoms with Gasteiger partial charge in [-0.2, -0.15) is 0 Å². The number of halogens is 2. The van der Waals surface area contributed by atoms with E-state index in [4.69, 9.17) is 4.74 Å². The van der Waals surface area contributed by atoms with Gasteiger partial charge < -0.3 is 15.4 Å². The third kappa shape index (κ3) is 6.79. The Morgan fingerprint density at radius 3 is 2.48 bits per heavy atom. The lowest BCUT2D eigenvalue weighted by Gasteiger charge is -2.10.